The molecule has 0 aromatic heterocycles. The number of benzene rings is 1. The summed E-state index contributed by atoms with van der Waals surface area (Å²) in [6.07, 6.45) is 0.850. The first-order valence-electron chi connectivity index (χ1n) is 8.96. The van der Waals surface area contributed by atoms with Crippen LogP contribution in [0.3, 0.4) is 0 Å². The molecule has 7 nitrogen and oxygen atoms in total. The summed E-state index contributed by atoms with van der Waals surface area (Å²) in [5.74, 6) is -2.24. The molecule has 26 heavy (non-hydrogen) atoms. The zero-order valence-electron chi connectivity index (χ0n) is 15.6. The van der Waals surface area contributed by atoms with Crippen molar-refractivity contribution in [1.82, 2.24) is 10.2 Å². The van der Waals surface area contributed by atoms with Crippen LogP contribution < -0.4 is 10.2 Å². The summed E-state index contributed by atoms with van der Waals surface area (Å²) in [5, 5.41) is 2.25. The van der Waals surface area contributed by atoms with E-state index in [4.69, 9.17) is 0 Å². The lowest BCUT2D eigenvalue weighted by Crippen LogP contribution is -2.60. The number of barbiturate groups is 1. The third kappa shape index (κ3) is 4.54. The third-order valence-corrected chi connectivity index (χ3v) is 4.48. The smallest absolute Gasteiger partial charge is 0.304 e. The van der Waals surface area contributed by atoms with E-state index in [9.17, 15) is 14.4 Å². The van der Waals surface area contributed by atoms with Crippen molar-refractivity contribution in [3.05, 3.63) is 30.3 Å². The molecule has 1 aromatic carbocycles. The Morgan fingerprint density at radius 3 is 2.42 bits per heavy atom. The monoisotopic (exact) mass is 358 g/mol. The molecule has 0 aliphatic carbocycles. The zero-order chi connectivity index (χ0) is 19.1. The van der Waals surface area contributed by atoms with E-state index in [-0.39, 0.29) is 0 Å². The fraction of sp³-hybridized carbons (Fsp3) is 0.474. The predicted molar refractivity (Wildman–Crippen MR) is 101 cm³/mol. The first-order valence-corrected chi connectivity index (χ1v) is 8.96. The van der Waals surface area contributed by atoms with Crippen molar-refractivity contribution in [2.24, 2.45) is 10.9 Å². The van der Waals surface area contributed by atoms with Crippen molar-refractivity contribution in [1.29, 1.82) is 0 Å². The van der Waals surface area contributed by atoms with E-state index in [2.05, 4.69) is 29.1 Å². The van der Waals surface area contributed by atoms with Crippen LogP contribution in [0, 0.1) is 5.92 Å². The maximum atomic E-state index is 12.8. The van der Waals surface area contributed by atoms with Gasteiger partial charge in [-0.05, 0) is 45.1 Å². The number of anilines is 1. The summed E-state index contributed by atoms with van der Waals surface area (Å²) in [4.78, 5) is 44.8. The van der Waals surface area contributed by atoms with E-state index in [1.54, 1.807) is 37.3 Å². The van der Waals surface area contributed by atoms with E-state index < -0.39 is 23.8 Å². The number of urea groups is 1. The molecule has 1 heterocycles. The molecule has 1 unspecified atom stereocenters. The minimum Gasteiger partial charge on any atom is -0.304 e. The minimum atomic E-state index is -1.07. The third-order valence-electron chi connectivity index (χ3n) is 4.48. The number of amides is 4. The van der Waals surface area contributed by atoms with Gasteiger partial charge in [-0.2, -0.15) is 0 Å². The van der Waals surface area contributed by atoms with E-state index in [1.165, 1.54) is 0 Å². The van der Waals surface area contributed by atoms with Gasteiger partial charge in [0.05, 0.1) is 5.69 Å². The Balaban J connectivity index is 2.09. The molecule has 7 heteroatoms. The fourth-order valence-corrected chi connectivity index (χ4v) is 2.95. The summed E-state index contributed by atoms with van der Waals surface area (Å²) in [6, 6.07) is 7.84. The van der Waals surface area contributed by atoms with Crippen LogP contribution in [0.5, 0.6) is 0 Å². The Bertz CT molecular complexity index is 683. The largest absolute Gasteiger partial charge is 0.335 e. The molecular weight excluding hydrogens is 332 g/mol. The highest BCUT2D eigenvalue weighted by molar-refractivity contribution is 6.35. The number of hydrogen-bond acceptors (Lipinski definition) is 5. The lowest BCUT2D eigenvalue weighted by atomic mass is 9.99. The van der Waals surface area contributed by atoms with Crippen LogP contribution in [-0.2, 0) is 9.59 Å². The number of imide groups is 2. The topological polar surface area (TPSA) is 82.1 Å². The van der Waals surface area contributed by atoms with Gasteiger partial charge in [0.2, 0.25) is 5.91 Å². The number of carbonyl (C=O) groups excluding carboxylic acids is 3. The van der Waals surface area contributed by atoms with E-state index >= 15 is 0 Å². The number of nitrogens with zero attached hydrogens (tertiary/aromatic N) is 3. The molecule has 0 bridgehead atoms. The summed E-state index contributed by atoms with van der Waals surface area (Å²) in [5.41, 5.74) is 0.863. The van der Waals surface area contributed by atoms with Gasteiger partial charge in [0.25, 0.3) is 5.91 Å². The molecular formula is C19H26N4O3. The number of carbonyl (C=O) groups is 3. The summed E-state index contributed by atoms with van der Waals surface area (Å²) in [6.45, 7) is 9.31. The molecule has 2 rings (SSSR count). The minimum absolute atomic E-state index is 0.431. The lowest BCUT2D eigenvalue weighted by molar-refractivity contribution is -0.131. The molecule has 0 radical (unpaired) electrons. The molecule has 1 fully saturated rings. The first kappa shape index (κ1) is 19.8. The van der Waals surface area contributed by atoms with Gasteiger partial charge in [-0.15, -0.1) is 0 Å². The Morgan fingerprint density at radius 1 is 1.15 bits per heavy atom. The Labute approximate surface area is 154 Å². The number of nitrogens with one attached hydrogen (secondary N) is 1. The maximum absolute atomic E-state index is 12.8. The molecule has 4 amide bonds. The van der Waals surface area contributed by atoms with E-state index in [0.717, 1.165) is 31.0 Å². The summed E-state index contributed by atoms with van der Waals surface area (Å²) in [7, 11) is 0. The van der Waals surface area contributed by atoms with Crippen molar-refractivity contribution >= 4 is 29.2 Å². The Morgan fingerprint density at radius 2 is 1.81 bits per heavy atom. The van der Waals surface area contributed by atoms with Gasteiger partial charge in [0.1, 0.15) is 0 Å². The predicted octanol–water partition coefficient (Wildman–Crippen LogP) is 2.08. The quantitative estimate of drug-likeness (QED) is 0.438. The second-order valence-corrected chi connectivity index (χ2v) is 6.14. The van der Waals surface area contributed by atoms with Crippen LogP contribution in [0.1, 0.15) is 27.2 Å². The highest BCUT2D eigenvalue weighted by Crippen LogP contribution is 2.21. The number of aliphatic imine (C=N–C) groups is 1. The molecule has 0 spiro atoms. The zero-order valence-corrected chi connectivity index (χ0v) is 15.6. The SMILES string of the molecule is CCN(CC)CCCN=C(C)C1C(=O)NC(=O)N(c2ccccc2)C1=O. The highest BCUT2D eigenvalue weighted by atomic mass is 16.2. The second-order valence-electron chi connectivity index (χ2n) is 6.14. The van der Waals surface area contributed by atoms with Crippen molar-refractivity contribution < 1.29 is 14.4 Å². The standard InChI is InChI=1S/C19H26N4O3/c1-4-22(5-2)13-9-12-20-14(3)16-17(24)21-19(26)23(18(16)25)15-10-7-6-8-11-15/h6-8,10-11,16H,4-5,9,12-13H2,1-3H3,(H,21,24,26). The average Bonchev–Trinajstić information content (AvgIpc) is 2.62. The van der Waals surface area contributed by atoms with Gasteiger partial charge < -0.3 is 4.90 Å². The normalized spacial score (nSPS) is 18.5. The highest BCUT2D eigenvalue weighted by Gasteiger charge is 2.42. The Kier molecular flexibility index (Phi) is 7.03. The fourth-order valence-electron chi connectivity index (χ4n) is 2.95. The first-order chi connectivity index (χ1) is 12.5. The second kappa shape index (κ2) is 9.24. The lowest BCUT2D eigenvalue weighted by Gasteiger charge is -2.30. The summed E-state index contributed by atoms with van der Waals surface area (Å²) >= 11 is 0. The molecule has 1 saturated heterocycles. The maximum Gasteiger partial charge on any atom is 0.335 e. The molecule has 140 valence electrons. The van der Waals surface area contributed by atoms with Gasteiger partial charge in [-0.3, -0.25) is 19.9 Å². The van der Waals surface area contributed by atoms with Crippen LogP contribution in [0.15, 0.2) is 35.3 Å². The van der Waals surface area contributed by atoms with Crippen LogP contribution in [0.4, 0.5) is 10.5 Å². The van der Waals surface area contributed by atoms with Crippen molar-refractivity contribution in [3.63, 3.8) is 0 Å². The van der Waals surface area contributed by atoms with Crippen molar-refractivity contribution in [3.8, 4) is 0 Å². The molecule has 1 aliphatic rings. The number of hydrogen-bond donors (Lipinski definition) is 1. The molecule has 1 atom stereocenters. The van der Waals surface area contributed by atoms with Crippen LogP contribution >= 0.6 is 0 Å². The van der Waals surface area contributed by atoms with Gasteiger partial charge in [0, 0.05) is 12.3 Å². The number of rotatable bonds is 8. The van der Waals surface area contributed by atoms with Gasteiger partial charge in [-0.1, -0.05) is 32.0 Å². The average molecular weight is 358 g/mol. The molecule has 1 N–H and O–H groups in total. The van der Waals surface area contributed by atoms with E-state index in [0.29, 0.717) is 17.9 Å². The van der Waals surface area contributed by atoms with Crippen LogP contribution in [-0.4, -0.2) is 54.6 Å². The Hall–Kier alpha value is -2.54. The van der Waals surface area contributed by atoms with Gasteiger partial charge in [0.15, 0.2) is 5.92 Å². The van der Waals surface area contributed by atoms with E-state index in [1.807, 2.05) is 0 Å². The van der Waals surface area contributed by atoms with Crippen molar-refractivity contribution in [2.45, 2.75) is 27.2 Å². The van der Waals surface area contributed by atoms with Gasteiger partial charge >= 0.3 is 6.03 Å². The van der Waals surface area contributed by atoms with Crippen LogP contribution in [0.25, 0.3) is 0 Å². The number of para-hydroxylation sites is 1. The summed E-state index contributed by atoms with van der Waals surface area (Å²) < 4.78 is 0. The molecule has 0 saturated carbocycles. The van der Waals surface area contributed by atoms with Gasteiger partial charge in [-0.25, -0.2) is 9.69 Å². The van der Waals surface area contributed by atoms with Crippen LogP contribution in [0.2, 0.25) is 0 Å². The molecule has 1 aliphatic heterocycles. The van der Waals surface area contributed by atoms with Crippen molar-refractivity contribution in [2.75, 3.05) is 31.1 Å². The molecule has 1 aromatic rings.